The number of nitrogens with zero attached hydrogens (tertiary/aromatic N) is 2. The zero-order chi connectivity index (χ0) is 17.9. The van der Waals surface area contributed by atoms with Crippen molar-refractivity contribution in [1.29, 1.82) is 0 Å². The van der Waals surface area contributed by atoms with Crippen LogP contribution in [0.1, 0.15) is 31.7 Å². The van der Waals surface area contributed by atoms with Gasteiger partial charge in [-0.3, -0.25) is 9.80 Å². The van der Waals surface area contributed by atoms with Crippen LogP contribution in [0.2, 0.25) is 0 Å². The second kappa shape index (κ2) is 8.08. The molecule has 2 aromatic rings. The van der Waals surface area contributed by atoms with Crippen molar-refractivity contribution in [1.82, 2.24) is 9.80 Å². The number of fused-ring (bicyclic) bond motifs is 1. The lowest BCUT2D eigenvalue weighted by molar-refractivity contribution is 0.105. The molecule has 3 nitrogen and oxygen atoms in total. The molecule has 0 spiro atoms. The number of hydrogen-bond acceptors (Lipinski definition) is 3. The van der Waals surface area contributed by atoms with Gasteiger partial charge in [0.05, 0.1) is 6.10 Å². The van der Waals surface area contributed by atoms with E-state index in [0.29, 0.717) is 5.92 Å². The number of benzene rings is 2. The molecule has 0 bridgehead atoms. The van der Waals surface area contributed by atoms with Crippen LogP contribution in [0.5, 0.6) is 0 Å². The second-order valence-electron chi connectivity index (χ2n) is 8.48. The molecule has 26 heavy (non-hydrogen) atoms. The Kier molecular flexibility index (Phi) is 5.58. The highest BCUT2D eigenvalue weighted by molar-refractivity contribution is 5.82. The van der Waals surface area contributed by atoms with E-state index in [0.717, 1.165) is 38.6 Å². The third-order valence-corrected chi connectivity index (χ3v) is 6.16. The molecule has 1 aliphatic carbocycles. The third kappa shape index (κ3) is 4.28. The molecule has 3 heteroatoms. The lowest BCUT2D eigenvalue weighted by Gasteiger charge is -2.37. The molecule has 4 rings (SSSR count). The lowest BCUT2D eigenvalue weighted by Crippen LogP contribution is -2.43. The number of aliphatic hydroxyl groups is 1. The van der Waals surface area contributed by atoms with Crippen LogP contribution in [0, 0.1) is 5.92 Å². The van der Waals surface area contributed by atoms with E-state index in [1.807, 2.05) is 0 Å². The number of aliphatic hydroxyl groups excluding tert-OH is 1. The minimum atomic E-state index is -0.293. The number of β-amino-alcohol motifs (C(OH)–C–C–N with tert-alkyl or cyclic N) is 1. The van der Waals surface area contributed by atoms with Crippen molar-refractivity contribution in [3.8, 4) is 0 Å². The Morgan fingerprint density at radius 3 is 2.62 bits per heavy atom. The van der Waals surface area contributed by atoms with Crippen LogP contribution < -0.4 is 0 Å². The first-order valence-electron chi connectivity index (χ1n) is 10.3. The average molecular weight is 353 g/mol. The Morgan fingerprint density at radius 2 is 1.85 bits per heavy atom. The van der Waals surface area contributed by atoms with Gasteiger partial charge in [-0.2, -0.15) is 0 Å². The lowest BCUT2D eigenvalue weighted by atomic mass is 9.91. The van der Waals surface area contributed by atoms with E-state index in [2.05, 4.69) is 59.2 Å². The summed E-state index contributed by atoms with van der Waals surface area (Å²) >= 11 is 0. The quantitative estimate of drug-likeness (QED) is 0.891. The Balaban J connectivity index is 1.33. The smallest absolute Gasteiger partial charge is 0.0707 e. The van der Waals surface area contributed by atoms with Gasteiger partial charge in [-0.25, -0.2) is 0 Å². The normalized spacial score (nSPS) is 24.3. The van der Waals surface area contributed by atoms with Crippen molar-refractivity contribution in [2.75, 3.05) is 32.7 Å². The van der Waals surface area contributed by atoms with E-state index in [4.69, 9.17) is 0 Å². The molecule has 140 valence electrons. The summed E-state index contributed by atoms with van der Waals surface area (Å²) in [4.78, 5) is 5.18. The molecular weight excluding hydrogens is 320 g/mol. The monoisotopic (exact) mass is 352 g/mol. The van der Waals surface area contributed by atoms with Gasteiger partial charge in [-0.05, 0) is 41.5 Å². The molecule has 1 saturated carbocycles. The van der Waals surface area contributed by atoms with Gasteiger partial charge in [-0.1, -0.05) is 55.8 Å². The highest BCUT2D eigenvalue weighted by Gasteiger charge is 2.29. The van der Waals surface area contributed by atoms with Crippen LogP contribution in [0.4, 0.5) is 0 Å². The first kappa shape index (κ1) is 18.0. The summed E-state index contributed by atoms with van der Waals surface area (Å²) in [5, 5.41) is 13.2. The van der Waals surface area contributed by atoms with Crippen molar-refractivity contribution in [3.05, 3.63) is 48.0 Å². The maximum Gasteiger partial charge on any atom is 0.0707 e. The summed E-state index contributed by atoms with van der Waals surface area (Å²) in [6.07, 6.45) is 4.62. The minimum Gasteiger partial charge on any atom is -0.391 e. The number of rotatable bonds is 5. The largest absolute Gasteiger partial charge is 0.391 e. The fourth-order valence-electron chi connectivity index (χ4n) is 4.60. The van der Waals surface area contributed by atoms with Gasteiger partial charge in [0.15, 0.2) is 0 Å². The van der Waals surface area contributed by atoms with Crippen molar-refractivity contribution in [2.24, 2.45) is 5.92 Å². The third-order valence-electron chi connectivity index (χ3n) is 6.16. The second-order valence-corrected chi connectivity index (χ2v) is 8.48. The molecule has 1 N–H and O–H groups in total. The van der Waals surface area contributed by atoms with Crippen LogP contribution in [0.15, 0.2) is 42.5 Å². The van der Waals surface area contributed by atoms with Crippen LogP contribution >= 0.6 is 0 Å². The van der Waals surface area contributed by atoms with Gasteiger partial charge in [0.2, 0.25) is 0 Å². The Hall–Kier alpha value is -1.42. The Morgan fingerprint density at radius 1 is 1.04 bits per heavy atom. The van der Waals surface area contributed by atoms with E-state index in [1.165, 1.54) is 42.1 Å². The molecule has 2 aromatic carbocycles. The van der Waals surface area contributed by atoms with Gasteiger partial charge in [0.1, 0.15) is 0 Å². The standard InChI is InChI=1S/C23H32N2O/c1-18-15-24(11-12-25(16-18)22-7-4-8-22)17-23(26)14-19-9-10-20-5-2-3-6-21(20)13-19/h2-3,5-6,9-10,13,18,22-23,26H,4,7-8,11-12,14-17H2,1H3. The zero-order valence-electron chi connectivity index (χ0n) is 16.0. The van der Waals surface area contributed by atoms with Crippen molar-refractivity contribution >= 4 is 10.8 Å². The summed E-state index contributed by atoms with van der Waals surface area (Å²) in [6.45, 7) is 7.74. The van der Waals surface area contributed by atoms with Crippen LogP contribution in [-0.2, 0) is 6.42 Å². The van der Waals surface area contributed by atoms with Crippen LogP contribution in [0.25, 0.3) is 10.8 Å². The average Bonchev–Trinajstić information content (AvgIpc) is 2.74. The van der Waals surface area contributed by atoms with Gasteiger partial charge in [0.25, 0.3) is 0 Å². The minimum absolute atomic E-state index is 0.293. The van der Waals surface area contributed by atoms with Crippen molar-refractivity contribution in [3.63, 3.8) is 0 Å². The molecule has 1 aliphatic heterocycles. The summed E-state index contributed by atoms with van der Waals surface area (Å²) in [7, 11) is 0. The van der Waals surface area contributed by atoms with Gasteiger partial charge < -0.3 is 5.11 Å². The van der Waals surface area contributed by atoms with Gasteiger partial charge in [0, 0.05) is 38.8 Å². The highest BCUT2D eigenvalue weighted by atomic mass is 16.3. The molecular formula is C23H32N2O. The van der Waals surface area contributed by atoms with E-state index >= 15 is 0 Å². The van der Waals surface area contributed by atoms with Crippen LogP contribution in [-0.4, -0.2) is 59.8 Å². The Bertz CT molecular complexity index is 727. The van der Waals surface area contributed by atoms with E-state index in [1.54, 1.807) is 0 Å². The molecule has 1 saturated heterocycles. The van der Waals surface area contributed by atoms with Gasteiger partial charge in [-0.15, -0.1) is 0 Å². The van der Waals surface area contributed by atoms with E-state index in [9.17, 15) is 5.11 Å². The fraction of sp³-hybridized carbons (Fsp3) is 0.565. The zero-order valence-corrected chi connectivity index (χ0v) is 16.0. The maximum atomic E-state index is 10.7. The van der Waals surface area contributed by atoms with E-state index in [-0.39, 0.29) is 6.10 Å². The number of hydrogen-bond donors (Lipinski definition) is 1. The topological polar surface area (TPSA) is 26.7 Å². The summed E-state index contributed by atoms with van der Waals surface area (Å²) < 4.78 is 0. The highest BCUT2D eigenvalue weighted by Crippen LogP contribution is 2.26. The molecule has 0 aromatic heterocycles. The van der Waals surface area contributed by atoms with E-state index < -0.39 is 0 Å². The van der Waals surface area contributed by atoms with Gasteiger partial charge >= 0.3 is 0 Å². The Labute approximate surface area is 157 Å². The first-order chi connectivity index (χ1) is 12.7. The van der Waals surface area contributed by atoms with Crippen molar-refractivity contribution < 1.29 is 5.11 Å². The maximum absolute atomic E-state index is 10.7. The molecule has 2 fully saturated rings. The molecule has 1 heterocycles. The summed E-state index contributed by atoms with van der Waals surface area (Å²) in [5.41, 5.74) is 1.23. The molecule has 2 atom stereocenters. The SMILES string of the molecule is CC1CN(CC(O)Cc2ccc3ccccc3c2)CCN(C2CCC2)C1. The molecule has 2 aliphatic rings. The molecule has 0 amide bonds. The predicted molar refractivity (Wildman–Crippen MR) is 108 cm³/mol. The molecule has 0 radical (unpaired) electrons. The van der Waals surface area contributed by atoms with Crippen molar-refractivity contribution in [2.45, 2.75) is 44.8 Å². The van der Waals surface area contributed by atoms with Crippen LogP contribution in [0.3, 0.4) is 0 Å². The fourth-order valence-corrected chi connectivity index (χ4v) is 4.60. The molecule has 2 unspecified atom stereocenters. The summed E-state index contributed by atoms with van der Waals surface area (Å²) in [6, 6.07) is 15.8. The first-order valence-corrected chi connectivity index (χ1v) is 10.3. The summed E-state index contributed by atoms with van der Waals surface area (Å²) in [5.74, 6) is 0.686. The predicted octanol–water partition coefficient (Wildman–Crippen LogP) is 3.55.